The van der Waals surface area contributed by atoms with Crippen LogP contribution in [0.5, 0.6) is 23.0 Å². The fourth-order valence-corrected chi connectivity index (χ4v) is 8.61. The Balaban J connectivity index is 0.939. The third-order valence-corrected chi connectivity index (χ3v) is 12.3. The summed E-state index contributed by atoms with van der Waals surface area (Å²) in [7, 11) is 0. The van der Waals surface area contributed by atoms with Crippen LogP contribution in [-0.2, 0) is 9.59 Å². The molecule has 10 aromatic rings. The van der Waals surface area contributed by atoms with Crippen LogP contribution in [0.3, 0.4) is 0 Å². The zero-order chi connectivity index (χ0) is 51.0. The molecule has 354 valence electrons. The number of nitriles is 1. The molecule has 0 aliphatic rings. The van der Waals surface area contributed by atoms with E-state index in [4.69, 9.17) is 16.0 Å². The minimum Gasteiger partial charge on any atom is -0.486 e. The topological polar surface area (TPSA) is 128 Å². The van der Waals surface area contributed by atoms with E-state index < -0.39 is 11.9 Å². The van der Waals surface area contributed by atoms with Gasteiger partial charge in [0, 0.05) is 34.1 Å². The lowest BCUT2D eigenvalue weighted by molar-refractivity contribution is -0.133. The molecule has 0 aliphatic carbocycles. The number of aliphatic carboxylic acids is 2. The van der Waals surface area contributed by atoms with E-state index in [1.807, 2.05) is 158 Å². The van der Waals surface area contributed by atoms with E-state index in [1.54, 1.807) is 30.3 Å². The van der Waals surface area contributed by atoms with Gasteiger partial charge in [0.25, 0.3) is 5.70 Å². The van der Waals surface area contributed by atoms with Crippen LogP contribution < -0.4 is 19.3 Å². The zero-order valence-electron chi connectivity index (χ0n) is 39.4. The van der Waals surface area contributed by atoms with Crippen molar-refractivity contribution in [1.29, 1.82) is 5.26 Å². The molecule has 74 heavy (non-hydrogen) atoms. The molecule has 0 bridgehead atoms. The van der Waals surface area contributed by atoms with E-state index in [1.165, 1.54) is 12.2 Å². The largest absolute Gasteiger partial charge is 0.486 e. The number of ether oxygens (including phenoxy) is 2. The summed E-state index contributed by atoms with van der Waals surface area (Å²) in [6.07, 6.45) is 2.70. The first-order valence-electron chi connectivity index (χ1n) is 23.4. The third-order valence-electron chi connectivity index (χ3n) is 12.3. The predicted octanol–water partition coefficient (Wildman–Crippen LogP) is 16.5. The molecule has 10 heteroatoms. The van der Waals surface area contributed by atoms with Crippen LogP contribution in [0.1, 0.15) is 11.1 Å². The predicted molar refractivity (Wildman–Crippen MR) is 293 cm³/mol. The number of rotatable bonds is 15. The highest BCUT2D eigenvalue weighted by atomic mass is 16.5. The molecule has 10 aromatic carbocycles. The number of fused-ring (bicyclic) bond motifs is 2. The van der Waals surface area contributed by atoms with Crippen molar-refractivity contribution in [3.63, 3.8) is 0 Å². The molecule has 10 nitrogen and oxygen atoms in total. The Labute approximate surface area is 426 Å². The minimum atomic E-state index is -1.29. The van der Waals surface area contributed by atoms with Crippen LogP contribution in [0.4, 0.5) is 34.1 Å². The Hall–Kier alpha value is -10.7. The Morgan fingerprint density at radius 1 is 0.432 bits per heavy atom. The molecule has 0 unspecified atom stereocenters. The number of carbonyl (C=O) groups is 2. The van der Waals surface area contributed by atoms with E-state index in [9.17, 15) is 25.1 Å². The van der Waals surface area contributed by atoms with E-state index in [-0.39, 0.29) is 11.3 Å². The van der Waals surface area contributed by atoms with Crippen LogP contribution >= 0.6 is 0 Å². The molecule has 0 spiro atoms. The van der Waals surface area contributed by atoms with Crippen molar-refractivity contribution >= 4 is 79.8 Å². The van der Waals surface area contributed by atoms with Gasteiger partial charge in [0.05, 0.1) is 6.57 Å². The van der Waals surface area contributed by atoms with Gasteiger partial charge >= 0.3 is 11.9 Å². The quantitative estimate of drug-likeness (QED) is 0.0586. The molecular formula is C64H42N4O6. The van der Waals surface area contributed by atoms with Gasteiger partial charge < -0.3 is 29.5 Å². The molecule has 10 rings (SSSR count). The van der Waals surface area contributed by atoms with Crippen LogP contribution in [0.15, 0.2) is 242 Å². The number of carboxylic acids is 2. The molecule has 0 fully saturated rings. The van der Waals surface area contributed by atoms with Crippen LogP contribution in [0.25, 0.3) is 49.7 Å². The highest BCUT2D eigenvalue weighted by molar-refractivity contribution is 5.97. The summed E-state index contributed by atoms with van der Waals surface area (Å²) in [5.74, 6) is 0.215. The van der Waals surface area contributed by atoms with Gasteiger partial charge in [-0.1, -0.05) is 109 Å². The third kappa shape index (κ3) is 10.6. The zero-order valence-corrected chi connectivity index (χ0v) is 39.4. The average Bonchev–Trinajstić information content (AvgIpc) is 3.44. The van der Waals surface area contributed by atoms with Gasteiger partial charge in [-0.2, -0.15) is 5.26 Å². The minimum absolute atomic E-state index is 0.358. The van der Waals surface area contributed by atoms with Crippen molar-refractivity contribution < 1.29 is 29.3 Å². The summed E-state index contributed by atoms with van der Waals surface area (Å²) in [5, 5.41) is 32.7. The van der Waals surface area contributed by atoms with Gasteiger partial charge in [0.15, 0.2) is 0 Å². The fourth-order valence-electron chi connectivity index (χ4n) is 8.61. The van der Waals surface area contributed by atoms with Gasteiger partial charge in [-0.3, -0.25) is 4.79 Å². The maximum absolute atomic E-state index is 11.6. The molecule has 0 saturated heterocycles. The Morgan fingerprint density at radius 2 is 0.770 bits per heavy atom. The molecule has 0 heterocycles. The number of hydrogen-bond donors (Lipinski definition) is 2. The van der Waals surface area contributed by atoms with Crippen LogP contribution in [0.2, 0.25) is 0 Å². The second-order valence-corrected chi connectivity index (χ2v) is 17.1. The first-order chi connectivity index (χ1) is 36.2. The van der Waals surface area contributed by atoms with Gasteiger partial charge in [0.2, 0.25) is 0 Å². The molecule has 0 aliphatic heterocycles. The van der Waals surface area contributed by atoms with E-state index >= 15 is 0 Å². The lowest BCUT2D eigenvalue weighted by atomic mass is 10.0. The van der Waals surface area contributed by atoms with Gasteiger partial charge in [-0.05, 0) is 177 Å². The van der Waals surface area contributed by atoms with Gasteiger partial charge in [-0.25, -0.2) is 9.64 Å². The van der Waals surface area contributed by atoms with E-state index in [0.717, 1.165) is 78.3 Å². The summed E-state index contributed by atoms with van der Waals surface area (Å²) in [6.45, 7) is 7.30. The smallest absolute Gasteiger partial charge is 0.346 e. The van der Waals surface area contributed by atoms with Crippen LogP contribution in [-0.4, -0.2) is 22.2 Å². The van der Waals surface area contributed by atoms with E-state index in [0.29, 0.717) is 22.6 Å². The molecule has 0 saturated carbocycles. The van der Waals surface area contributed by atoms with E-state index in [2.05, 4.69) is 63.2 Å². The Morgan fingerprint density at radius 3 is 1.12 bits per heavy atom. The molecule has 0 amide bonds. The first-order valence-corrected chi connectivity index (χ1v) is 23.4. The molecule has 0 aromatic heterocycles. The average molecular weight is 963 g/mol. The van der Waals surface area contributed by atoms with Crippen molar-refractivity contribution in [2.45, 2.75) is 0 Å². The number of benzene rings is 10. The van der Waals surface area contributed by atoms with Crippen molar-refractivity contribution in [2.75, 3.05) is 9.80 Å². The van der Waals surface area contributed by atoms with Crippen molar-refractivity contribution in [3.8, 4) is 40.2 Å². The van der Waals surface area contributed by atoms with Crippen molar-refractivity contribution in [3.05, 3.63) is 264 Å². The lowest BCUT2D eigenvalue weighted by Gasteiger charge is -2.26. The van der Waals surface area contributed by atoms with Crippen LogP contribution in [0, 0.1) is 17.9 Å². The first kappa shape index (κ1) is 47.0. The second kappa shape index (κ2) is 21.1. The monoisotopic (exact) mass is 962 g/mol. The Kier molecular flexibility index (Phi) is 13.4. The molecular weight excluding hydrogens is 921 g/mol. The maximum Gasteiger partial charge on any atom is 0.346 e. The molecule has 0 atom stereocenters. The fraction of sp³-hybridized carbons (Fsp3) is 0. The van der Waals surface area contributed by atoms with Crippen molar-refractivity contribution in [2.24, 2.45) is 0 Å². The van der Waals surface area contributed by atoms with Gasteiger partial charge in [0.1, 0.15) is 34.6 Å². The normalized spacial score (nSPS) is 11.3. The number of anilines is 6. The van der Waals surface area contributed by atoms with Gasteiger partial charge in [-0.15, -0.1) is 0 Å². The number of carboxylic acid groups (broad SMARTS) is 2. The standard InChI is InChI=1S/C64H42N4O6/c1-66-62(64(71)72)39-44-12-22-53(23-13-44)68(57-30-36-59(37-31-57)74-61-33-19-46-7-3-5-9-50(46)41-61)55-26-16-48(17-27-55)47-14-24-54(25-15-47)67(52-20-10-43(11-21-52)38-51(42-65)63(69)70)56-28-34-58(35-29-56)73-60-32-18-45-6-2-4-8-49(45)40-60/h2-41H,(H,69,70)(H,71,72)/b51-38?,62-39-. The molecule has 2 N–H and O–H groups in total. The Bertz CT molecular complexity index is 3580. The molecule has 0 radical (unpaired) electrons. The second-order valence-electron chi connectivity index (χ2n) is 17.1. The maximum atomic E-state index is 11.6. The SMILES string of the molecule is [C-]#[N+]/C(=C\c1ccc(N(c2ccc(Oc3ccc4ccccc4c3)cc2)c2ccc(-c3ccc(N(c4ccc(C=C(C#N)C(=O)O)cc4)c4ccc(Oc5ccc6ccccc6c5)cc4)cc3)cc2)cc1)C(=O)O. The number of hydrogen-bond acceptors (Lipinski definition) is 7. The summed E-state index contributed by atoms with van der Waals surface area (Å²) in [4.78, 5) is 30.5. The summed E-state index contributed by atoms with van der Waals surface area (Å²) < 4.78 is 12.6. The summed E-state index contributed by atoms with van der Waals surface area (Å²) >= 11 is 0. The van der Waals surface area contributed by atoms with Crippen molar-refractivity contribution in [1.82, 2.24) is 0 Å². The summed E-state index contributed by atoms with van der Waals surface area (Å²) in [5.41, 5.74) is 7.44. The highest BCUT2D eigenvalue weighted by Crippen LogP contribution is 2.40. The number of nitrogens with zero attached hydrogens (tertiary/aromatic N) is 4. The lowest BCUT2D eigenvalue weighted by Crippen LogP contribution is -2.10. The highest BCUT2D eigenvalue weighted by Gasteiger charge is 2.17. The summed E-state index contributed by atoms with van der Waals surface area (Å²) in [6, 6.07) is 76.7.